The molecular formula is C51H32N4S. The van der Waals surface area contributed by atoms with Gasteiger partial charge in [0.15, 0.2) is 17.5 Å². The number of hydrogen-bond acceptors (Lipinski definition) is 4. The molecule has 56 heavy (non-hydrogen) atoms. The molecule has 11 aromatic rings. The Morgan fingerprint density at radius 2 is 0.911 bits per heavy atom. The number of benzene rings is 8. The lowest BCUT2D eigenvalue weighted by Crippen LogP contribution is -2.01. The predicted molar refractivity (Wildman–Crippen MR) is 234 cm³/mol. The summed E-state index contributed by atoms with van der Waals surface area (Å²) in [4.78, 5) is 15.4. The minimum absolute atomic E-state index is 0.635. The average molecular weight is 733 g/mol. The number of thiophene rings is 1. The number of hydrogen-bond donors (Lipinski definition) is 0. The molecule has 0 atom stereocenters. The molecule has 3 aromatic heterocycles. The Morgan fingerprint density at radius 1 is 0.357 bits per heavy atom. The fraction of sp³-hybridized carbons (Fsp3) is 0. The van der Waals surface area contributed by atoms with Crippen molar-refractivity contribution in [2.24, 2.45) is 0 Å². The summed E-state index contributed by atoms with van der Waals surface area (Å²) in [7, 11) is 0. The molecule has 0 amide bonds. The molecule has 0 N–H and O–H groups in total. The van der Waals surface area contributed by atoms with Gasteiger partial charge in [0.05, 0.1) is 15.7 Å². The second-order valence-corrected chi connectivity index (χ2v) is 15.1. The number of para-hydroxylation sites is 2. The van der Waals surface area contributed by atoms with Crippen molar-refractivity contribution in [3.63, 3.8) is 0 Å². The van der Waals surface area contributed by atoms with Gasteiger partial charge in [-0.3, -0.25) is 0 Å². The zero-order valence-corrected chi connectivity index (χ0v) is 31.0. The van der Waals surface area contributed by atoms with E-state index in [1.165, 1.54) is 42.0 Å². The molecular weight excluding hydrogens is 701 g/mol. The summed E-state index contributed by atoms with van der Waals surface area (Å²) in [6, 6.07) is 68.5. The van der Waals surface area contributed by atoms with Gasteiger partial charge < -0.3 is 4.57 Å². The van der Waals surface area contributed by atoms with E-state index in [2.05, 4.69) is 162 Å². The number of fused-ring (bicyclic) bond motifs is 7. The molecule has 11 rings (SSSR count). The molecule has 0 spiro atoms. The summed E-state index contributed by atoms with van der Waals surface area (Å²) in [5, 5.41) is 5.04. The van der Waals surface area contributed by atoms with Crippen molar-refractivity contribution >= 4 is 53.3 Å². The van der Waals surface area contributed by atoms with Crippen LogP contribution in [0.25, 0.3) is 104 Å². The van der Waals surface area contributed by atoms with Crippen molar-refractivity contribution in [1.29, 1.82) is 0 Å². The van der Waals surface area contributed by atoms with Gasteiger partial charge in [-0.1, -0.05) is 164 Å². The van der Waals surface area contributed by atoms with Crippen LogP contribution < -0.4 is 0 Å². The molecule has 262 valence electrons. The van der Waals surface area contributed by atoms with Crippen LogP contribution in [-0.2, 0) is 0 Å². The third-order valence-electron chi connectivity index (χ3n) is 10.7. The normalized spacial score (nSPS) is 11.6. The highest BCUT2D eigenvalue weighted by Crippen LogP contribution is 2.45. The Hall–Kier alpha value is -7.21. The number of aromatic nitrogens is 4. The lowest BCUT2D eigenvalue weighted by molar-refractivity contribution is 1.07. The maximum Gasteiger partial charge on any atom is 0.164 e. The first kappa shape index (κ1) is 32.2. The number of nitrogens with zero attached hydrogens (tertiary/aromatic N) is 4. The first-order valence-electron chi connectivity index (χ1n) is 18.8. The van der Waals surface area contributed by atoms with Crippen molar-refractivity contribution in [3.05, 3.63) is 194 Å². The van der Waals surface area contributed by atoms with Crippen LogP contribution in [0, 0.1) is 0 Å². The van der Waals surface area contributed by atoms with E-state index in [0.717, 1.165) is 44.6 Å². The Balaban J connectivity index is 1.15. The van der Waals surface area contributed by atoms with Crippen molar-refractivity contribution < 1.29 is 0 Å². The van der Waals surface area contributed by atoms with Crippen LogP contribution in [0.1, 0.15) is 0 Å². The van der Waals surface area contributed by atoms with Gasteiger partial charge in [0.2, 0.25) is 0 Å². The largest absolute Gasteiger partial charge is 0.308 e. The Kier molecular flexibility index (Phi) is 7.64. The Morgan fingerprint density at radius 3 is 1.61 bits per heavy atom. The minimum Gasteiger partial charge on any atom is -0.308 e. The summed E-state index contributed by atoms with van der Waals surface area (Å²) in [6.07, 6.45) is 0. The maximum atomic E-state index is 5.19. The van der Waals surface area contributed by atoms with Crippen LogP contribution in [0.2, 0.25) is 0 Å². The summed E-state index contributed by atoms with van der Waals surface area (Å²) < 4.78 is 4.95. The molecule has 0 aliphatic rings. The van der Waals surface area contributed by atoms with Crippen LogP contribution in [-0.4, -0.2) is 19.5 Å². The van der Waals surface area contributed by atoms with E-state index in [-0.39, 0.29) is 0 Å². The van der Waals surface area contributed by atoms with Gasteiger partial charge in [-0.05, 0) is 52.6 Å². The van der Waals surface area contributed by atoms with Crippen molar-refractivity contribution in [2.45, 2.75) is 0 Å². The van der Waals surface area contributed by atoms with Crippen LogP contribution >= 0.6 is 11.3 Å². The zero-order valence-electron chi connectivity index (χ0n) is 30.2. The Labute approximate surface area is 327 Å². The molecule has 5 heteroatoms. The second kappa shape index (κ2) is 13.3. The molecule has 0 saturated carbocycles. The van der Waals surface area contributed by atoms with Gasteiger partial charge in [-0.2, -0.15) is 0 Å². The third kappa shape index (κ3) is 5.40. The fourth-order valence-corrected chi connectivity index (χ4v) is 9.29. The van der Waals surface area contributed by atoms with Crippen molar-refractivity contribution in [2.75, 3.05) is 0 Å². The molecule has 3 heterocycles. The second-order valence-electron chi connectivity index (χ2n) is 14.0. The first-order chi connectivity index (χ1) is 27.8. The van der Waals surface area contributed by atoms with Crippen LogP contribution in [0.4, 0.5) is 0 Å². The quantitative estimate of drug-likeness (QED) is 0.171. The van der Waals surface area contributed by atoms with E-state index in [4.69, 9.17) is 15.0 Å². The molecule has 0 bridgehead atoms. The SMILES string of the molecule is c1ccc(-c2ccc(-c3ccc4c(c3)sc3c4ccc4c5ccccc5n(-c5ccccc5)c43)c(-c3nc(-c4ccccc4)nc(-c4ccccc4)n3)c2)cc1. The van der Waals surface area contributed by atoms with E-state index >= 15 is 0 Å². The maximum absolute atomic E-state index is 5.19. The molecule has 0 fully saturated rings. The topological polar surface area (TPSA) is 43.6 Å². The van der Waals surface area contributed by atoms with Crippen molar-refractivity contribution in [3.8, 4) is 62.1 Å². The molecule has 0 aliphatic heterocycles. The number of rotatable bonds is 6. The standard InChI is InChI=1S/C51H32N4S/c1-5-15-33(16-6-1)36-25-27-39(44(31-36)51-53-49(34-17-7-2-8-18-34)52-50(54-51)35-19-9-3-10-20-35)37-26-28-41-43-30-29-42-40-23-13-14-24-45(40)55(38-21-11-4-12-22-38)47(42)48(43)56-46(41)32-37/h1-32H. The lowest BCUT2D eigenvalue weighted by Gasteiger charge is -2.14. The highest BCUT2D eigenvalue weighted by atomic mass is 32.1. The molecule has 0 radical (unpaired) electrons. The van der Waals surface area contributed by atoms with Gasteiger partial charge in [0, 0.05) is 48.6 Å². The molecule has 0 saturated heterocycles. The van der Waals surface area contributed by atoms with Gasteiger partial charge in [-0.25, -0.2) is 15.0 Å². The predicted octanol–water partition coefficient (Wildman–Crippen LogP) is 13.7. The van der Waals surface area contributed by atoms with E-state index < -0.39 is 0 Å². The van der Waals surface area contributed by atoms with E-state index in [1.807, 2.05) is 47.7 Å². The average Bonchev–Trinajstić information content (AvgIpc) is 3.83. The van der Waals surface area contributed by atoms with Gasteiger partial charge >= 0.3 is 0 Å². The smallest absolute Gasteiger partial charge is 0.164 e. The summed E-state index contributed by atoms with van der Waals surface area (Å²) in [6.45, 7) is 0. The summed E-state index contributed by atoms with van der Waals surface area (Å²) in [5.41, 5.74) is 10.9. The first-order valence-corrected chi connectivity index (χ1v) is 19.6. The zero-order chi connectivity index (χ0) is 37.0. The van der Waals surface area contributed by atoms with E-state index in [1.54, 1.807) is 0 Å². The molecule has 8 aromatic carbocycles. The summed E-state index contributed by atoms with van der Waals surface area (Å²) in [5.74, 6) is 1.92. The highest BCUT2D eigenvalue weighted by molar-refractivity contribution is 7.26. The van der Waals surface area contributed by atoms with E-state index in [0.29, 0.717) is 17.5 Å². The van der Waals surface area contributed by atoms with Gasteiger partial charge in [0.25, 0.3) is 0 Å². The third-order valence-corrected chi connectivity index (χ3v) is 11.8. The van der Waals surface area contributed by atoms with Crippen LogP contribution in [0.5, 0.6) is 0 Å². The fourth-order valence-electron chi connectivity index (χ4n) is 8.01. The monoisotopic (exact) mass is 732 g/mol. The van der Waals surface area contributed by atoms with Crippen LogP contribution in [0.3, 0.4) is 0 Å². The van der Waals surface area contributed by atoms with E-state index in [9.17, 15) is 0 Å². The summed E-state index contributed by atoms with van der Waals surface area (Å²) >= 11 is 1.86. The van der Waals surface area contributed by atoms with Gasteiger partial charge in [-0.15, -0.1) is 11.3 Å². The molecule has 0 unspecified atom stereocenters. The molecule has 4 nitrogen and oxygen atoms in total. The highest BCUT2D eigenvalue weighted by Gasteiger charge is 2.20. The van der Waals surface area contributed by atoms with Gasteiger partial charge in [0.1, 0.15) is 0 Å². The van der Waals surface area contributed by atoms with Crippen LogP contribution in [0.15, 0.2) is 194 Å². The molecule has 0 aliphatic carbocycles. The van der Waals surface area contributed by atoms with Crippen molar-refractivity contribution in [1.82, 2.24) is 19.5 Å². The Bertz CT molecular complexity index is 3170. The lowest BCUT2D eigenvalue weighted by atomic mass is 9.94. The minimum atomic E-state index is 0.635.